The minimum atomic E-state index is -0.602. The zero-order valence-electron chi connectivity index (χ0n) is 32.8. The van der Waals surface area contributed by atoms with Gasteiger partial charge in [0.2, 0.25) is 0 Å². The van der Waals surface area contributed by atoms with Gasteiger partial charge in [0.05, 0.1) is 23.0 Å². The van der Waals surface area contributed by atoms with Gasteiger partial charge in [-0.05, 0) is 107 Å². The van der Waals surface area contributed by atoms with Gasteiger partial charge < -0.3 is 24.4 Å². The van der Waals surface area contributed by atoms with Crippen molar-refractivity contribution in [3.63, 3.8) is 0 Å². The Kier molecular flexibility index (Phi) is 9.71. The van der Waals surface area contributed by atoms with Gasteiger partial charge in [-0.1, -0.05) is 31.2 Å². The molecule has 4 aliphatic heterocycles. The number of hydrogen-bond acceptors (Lipinski definition) is 10. The second kappa shape index (κ2) is 14.4. The summed E-state index contributed by atoms with van der Waals surface area (Å²) >= 11 is 0. The first kappa shape index (κ1) is 37.2. The average molecular weight is 754 g/mol. The lowest BCUT2D eigenvalue weighted by Gasteiger charge is -2.42. The van der Waals surface area contributed by atoms with Gasteiger partial charge in [-0.2, -0.15) is 9.97 Å². The molecule has 12 nitrogen and oxygen atoms in total. The number of anilines is 1. The second-order valence-electron chi connectivity index (χ2n) is 16.7. The van der Waals surface area contributed by atoms with Crippen LogP contribution < -0.4 is 15.0 Å². The molecule has 0 radical (unpaired) electrons. The Morgan fingerprint density at radius 2 is 1.85 bits per heavy atom. The Morgan fingerprint density at radius 3 is 2.58 bits per heavy atom. The SMILES string of the molecule is CCc1cccc2cc(C)cc(-c3ncc4c(N5CC6CCC(C5)N6C(=O)OC(C)(C)C)nc(OCC56CCCN5[C@@H](COC(=O)NC)CC6)nc4c3F)c12. The Balaban J connectivity index is 1.18. The van der Waals surface area contributed by atoms with Gasteiger partial charge in [0.15, 0.2) is 5.82 Å². The minimum absolute atomic E-state index is 0.0791. The fourth-order valence-electron chi connectivity index (χ4n) is 9.57. The molecule has 1 N–H and O–H groups in total. The maximum Gasteiger partial charge on any atom is 0.410 e. The van der Waals surface area contributed by atoms with Gasteiger partial charge in [0, 0.05) is 37.9 Å². The number of nitrogens with one attached hydrogen (secondary N) is 1. The van der Waals surface area contributed by atoms with Crippen molar-refractivity contribution in [2.24, 2.45) is 0 Å². The number of fused-ring (bicyclic) bond motifs is 5. The number of rotatable bonds is 8. The molecule has 2 bridgehead atoms. The summed E-state index contributed by atoms with van der Waals surface area (Å²) in [5.74, 6) is 0.0261. The Labute approximate surface area is 321 Å². The molecule has 55 heavy (non-hydrogen) atoms. The van der Waals surface area contributed by atoms with Crippen LogP contribution in [0.5, 0.6) is 6.01 Å². The fourth-order valence-corrected chi connectivity index (χ4v) is 9.57. The van der Waals surface area contributed by atoms with Crippen molar-refractivity contribution in [1.29, 1.82) is 0 Å². The van der Waals surface area contributed by atoms with Crippen molar-refractivity contribution in [2.75, 3.05) is 44.8 Å². The van der Waals surface area contributed by atoms with Crippen LogP contribution >= 0.6 is 0 Å². The third kappa shape index (κ3) is 6.89. The van der Waals surface area contributed by atoms with Gasteiger partial charge in [0.25, 0.3) is 0 Å². The van der Waals surface area contributed by atoms with Gasteiger partial charge in [-0.15, -0.1) is 0 Å². The van der Waals surface area contributed by atoms with Crippen LogP contribution in [0, 0.1) is 12.7 Å². The lowest BCUT2D eigenvalue weighted by molar-refractivity contribution is 0.0122. The molecule has 2 amide bonds. The van der Waals surface area contributed by atoms with Crippen molar-refractivity contribution in [3.05, 3.63) is 53.5 Å². The van der Waals surface area contributed by atoms with Crippen molar-refractivity contribution < 1.29 is 28.2 Å². The Morgan fingerprint density at radius 1 is 1.07 bits per heavy atom. The molecule has 4 atom stereocenters. The lowest BCUT2D eigenvalue weighted by atomic mass is 9.93. The van der Waals surface area contributed by atoms with Crippen LogP contribution in [0.4, 0.5) is 19.8 Å². The minimum Gasteiger partial charge on any atom is -0.461 e. The van der Waals surface area contributed by atoms with E-state index in [1.54, 1.807) is 13.2 Å². The quantitative estimate of drug-likeness (QED) is 0.198. The summed E-state index contributed by atoms with van der Waals surface area (Å²) in [6.07, 6.45) is 7.12. The summed E-state index contributed by atoms with van der Waals surface area (Å²) in [6, 6.07) is 10.4. The number of ether oxygens (including phenoxy) is 3. The highest BCUT2D eigenvalue weighted by Crippen LogP contribution is 2.44. The predicted octanol–water partition coefficient (Wildman–Crippen LogP) is 7.17. The molecule has 2 aromatic heterocycles. The maximum atomic E-state index is 17.3. The number of aryl methyl sites for hydroxylation is 2. The summed E-state index contributed by atoms with van der Waals surface area (Å²) in [4.78, 5) is 46.2. The number of aromatic nitrogens is 3. The molecule has 0 aliphatic carbocycles. The van der Waals surface area contributed by atoms with Crippen molar-refractivity contribution in [1.82, 2.24) is 30.1 Å². The molecule has 292 valence electrons. The topological polar surface area (TPSA) is 122 Å². The maximum absolute atomic E-state index is 17.3. The van der Waals surface area contributed by atoms with Crippen LogP contribution in [0.25, 0.3) is 32.9 Å². The van der Waals surface area contributed by atoms with Crippen LogP contribution in [0.3, 0.4) is 0 Å². The van der Waals surface area contributed by atoms with Crippen molar-refractivity contribution in [3.8, 4) is 17.3 Å². The predicted molar refractivity (Wildman–Crippen MR) is 209 cm³/mol. The first-order valence-electron chi connectivity index (χ1n) is 19.8. The average Bonchev–Trinajstić information content (AvgIpc) is 3.81. The molecule has 0 saturated carbocycles. The van der Waals surface area contributed by atoms with E-state index in [-0.39, 0.29) is 47.0 Å². The summed E-state index contributed by atoms with van der Waals surface area (Å²) in [7, 11) is 1.56. The van der Waals surface area contributed by atoms with Crippen molar-refractivity contribution >= 4 is 39.7 Å². The standard InChI is InChI=1S/C42H52FN7O5/c1-7-26-10-8-11-27-18-25(2)19-31(33(26)27)35-34(43)36-32(20-45-35)37(48-21-28-12-13-29(22-48)50(28)40(52)55-41(3,4)5)47-38(46-36)54-24-42-15-9-17-49(42)30(14-16-42)23-53-39(51)44-6/h8,10-11,18-20,28-30H,7,9,12-17,21-24H2,1-6H3,(H,44,51)/t28?,29?,30-,42?/m1/s1. The molecule has 8 rings (SSSR count). The van der Waals surface area contributed by atoms with Crippen LogP contribution in [0.1, 0.15) is 77.3 Å². The zero-order chi connectivity index (χ0) is 38.6. The van der Waals surface area contributed by atoms with E-state index in [1.165, 1.54) is 0 Å². The molecular weight excluding hydrogens is 702 g/mol. The normalized spacial score (nSPS) is 23.7. The molecule has 3 unspecified atom stereocenters. The molecule has 0 spiro atoms. The third-order valence-corrected chi connectivity index (χ3v) is 12.0. The van der Waals surface area contributed by atoms with E-state index in [9.17, 15) is 9.59 Å². The number of amides is 2. The van der Waals surface area contributed by atoms with Gasteiger partial charge in [-0.25, -0.2) is 14.0 Å². The number of piperazine rings is 1. The number of hydrogen-bond donors (Lipinski definition) is 1. The van der Waals surface area contributed by atoms with Gasteiger partial charge in [0.1, 0.15) is 35.8 Å². The van der Waals surface area contributed by atoms with E-state index in [4.69, 9.17) is 29.2 Å². The van der Waals surface area contributed by atoms with E-state index in [0.717, 1.165) is 79.0 Å². The lowest BCUT2D eigenvalue weighted by Crippen LogP contribution is -2.57. The largest absolute Gasteiger partial charge is 0.461 e. The molecule has 4 aliphatic rings. The smallest absolute Gasteiger partial charge is 0.410 e. The first-order valence-corrected chi connectivity index (χ1v) is 19.8. The van der Waals surface area contributed by atoms with Crippen LogP contribution in [0.2, 0.25) is 0 Å². The number of nitrogens with zero attached hydrogens (tertiary/aromatic N) is 6. The molecule has 4 fully saturated rings. The summed E-state index contributed by atoms with van der Waals surface area (Å²) in [6.45, 7) is 12.3. The Bertz CT molecular complexity index is 2130. The molecule has 2 aromatic carbocycles. The van der Waals surface area contributed by atoms with E-state index in [1.807, 2.05) is 44.7 Å². The Hall–Kier alpha value is -4.78. The molecular formula is C42H52FN7O5. The van der Waals surface area contributed by atoms with Crippen LogP contribution in [-0.2, 0) is 15.9 Å². The molecule has 13 heteroatoms. The highest BCUT2D eigenvalue weighted by Gasteiger charge is 2.50. The molecule has 4 saturated heterocycles. The van der Waals surface area contributed by atoms with E-state index in [0.29, 0.717) is 37.5 Å². The summed E-state index contributed by atoms with van der Waals surface area (Å²) < 4.78 is 35.1. The van der Waals surface area contributed by atoms with Gasteiger partial charge in [-0.3, -0.25) is 14.8 Å². The fraction of sp³-hybridized carbons (Fsp3) is 0.548. The highest BCUT2D eigenvalue weighted by molar-refractivity contribution is 6.01. The van der Waals surface area contributed by atoms with Crippen molar-refractivity contribution in [2.45, 2.75) is 109 Å². The first-order chi connectivity index (χ1) is 26.4. The molecule has 4 aromatic rings. The second-order valence-corrected chi connectivity index (χ2v) is 16.7. The van der Waals surface area contributed by atoms with E-state index < -0.39 is 17.5 Å². The zero-order valence-corrected chi connectivity index (χ0v) is 32.8. The van der Waals surface area contributed by atoms with Crippen LogP contribution in [0.15, 0.2) is 36.5 Å². The number of carbonyl (C=O) groups excluding carboxylic acids is 2. The van der Waals surface area contributed by atoms with Gasteiger partial charge >= 0.3 is 18.2 Å². The molecule has 6 heterocycles. The number of halogens is 1. The monoisotopic (exact) mass is 753 g/mol. The number of carbonyl (C=O) groups is 2. The number of alkyl carbamates (subject to hydrolysis) is 1. The third-order valence-electron chi connectivity index (χ3n) is 12.0. The number of benzene rings is 2. The van der Waals surface area contributed by atoms with Crippen LogP contribution in [-0.4, -0.2) is 106 Å². The summed E-state index contributed by atoms with van der Waals surface area (Å²) in [5.41, 5.74) is 2.40. The summed E-state index contributed by atoms with van der Waals surface area (Å²) in [5, 5.41) is 5.05. The highest BCUT2D eigenvalue weighted by atomic mass is 19.1. The van der Waals surface area contributed by atoms with E-state index in [2.05, 4.69) is 40.2 Å². The number of pyridine rings is 1. The van der Waals surface area contributed by atoms with E-state index >= 15 is 4.39 Å².